The first-order valence-corrected chi connectivity index (χ1v) is 16.9. The van der Waals surface area contributed by atoms with Gasteiger partial charge in [-0.1, -0.05) is 81.8 Å². The van der Waals surface area contributed by atoms with Crippen LogP contribution in [0.1, 0.15) is 76.0 Å². The van der Waals surface area contributed by atoms with E-state index in [-0.39, 0.29) is 22.4 Å². The van der Waals surface area contributed by atoms with Crippen molar-refractivity contribution < 1.29 is 19.1 Å². The van der Waals surface area contributed by atoms with Crippen LogP contribution in [-0.2, 0) is 22.7 Å². The van der Waals surface area contributed by atoms with Gasteiger partial charge in [-0.05, 0) is 87.2 Å². The lowest BCUT2D eigenvalue weighted by molar-refractivity contribution is -0.119. The van der Waals surface area contributed by atoms with Crippen LogP contribution in [0.2, 0.25) is 5.02 Å². The van der Waals surface area contributed by atoms with Gasteiger partial charge in [-0.15, -0.1) is 0 Å². The molecule has 0 fully saturated rings. The quantitative estimate of drug-likeness (QED) is 0.227. The number of carbonyl (C=O) groups is 2. The molecule has 1 heterocycles. The number of allylic oxidation sites excluding steroid dienone is 4. The number of ketones is 2. The van der Waals surface area contributed by atoms with Gasteiger partial charge in [-0.2, -0.15) is 0 Å². The summed E-state index contributed by atoms with van der Waals surface area (Å²) >= 11 is 8.35. The third-order valence-electron chi connectivity index (χ3n) is 9.09. The van der Waals surface area contributed by atoms with Crippen molar-refractivity contribution >= 4 is 45.8 Å². The zero-order valence-corrected chi connectivity index (χ0v) is 29.4. The zero-order valence-electron chi connectivity index (χ0n) is 26.5. The Morgan fingerprint density at radius 1 is 0.822 bits per heavy atom. The molecule has 0 saturated carbocycles. The van der Waals surface area contributed by atoms with Crippen molar-refractivity contribution in [2.75, 3.05) is 7.11 Å². The molecule has 45 heavy (non-hydrogen) atoms. The predicted molar refractivity (Wildman–Crippen MR) is 186 cm³/mol. The van der Waals surface area contributed by atoms with Gasteiger partial charge in [-0.25, -0.2) is 0 Å². The molecule has 0 saturated heterocycles. The monoisotopic (exact) mass is 735 g/mol. The summed E-state index contributed by atoms with van der Waals surface area (Å²) in [5.41, 5.74) is 6.26. The fourth-order valence-corrected chi connectivity index (χ4v) is 8.03. The van der Waals surface area contributed by atoms with Gasteiger partial charge in [0.25, 0.3) is 0 Å². The summed E-state index contributed by atoms with van der Waals surface area (Å²) in [5.74, 6) is 0.987. The maximum atomic E-state index is 14.2. The van der Waals surface area contributed by atoms with Crippen LogP contribution in [0.3, 0.4) is 0 Å². The molecular weight excluding hydrogens is 697 g/mol. The summed E-state index contributed by atoms with van der Waals surface area (Å²) in [6.45, 7) is 9.65. The summed E-state index contributed by atoms with van der Waals surface area (Å²) in [7, 11) is 1.63. The van der Waals surface area contributed by atoms with Crippen LogP contribution in [0.5, 0.6) is 11.5 Å². The number of carbonyl (C=O) groups excluding carboxylic acids is 2. The van der Waals surface area contributed by atoms with Crippen molar-refractivity contribution in [2.24, 2.45) is 10.8 Å². The molecule has 0 radical (unpaired) electrons. The molecule has 5 nitrogen and oxygen atoms in total. The predicted octanol–water partition coefficient (Wildman–Crippen LogP) is 9.42. The number of hydrogen-bond donors (Lipinski definition) is 0. The van der Waals surface area contributed by atoms with Gasteiger partial charge < -0.3 is 14.4 Å². The molecule has 3 aliphatic rings. The lowest BCUT2D eigenvalue weighted by Gasteiger charge is -2.49. The molecule has 0 unspecified atom stereocenters. The standard InChI is InChI=1S/C38H39ClINO4/c1-37(2)17-28-34(30(42)19-37)33(25-15-27(40)36(32(16-25)44-5)45-22-24-11-13-26(39)14-12-24)35-29(18-38(3,4)20-31(35)43)41(28)21-23-9-7-6-8-10-23/h6-16,33H,17-22H2,1-5H3. The maximum absolute atomic E-state index is 14.2. The van der Waals surface area contributed by atoms with Crippen molar-refractivity contribution in [1.29, 1.82) is 0 Å². The first-order valence-electron chi connectivity index (χ1n) is 15.4. The Morgan fingerprint density at radius 2 is 1.40 bits per heavy atom. The molecule has 0 bridgehead atoms. The van der Waals surface area contributed by atoms with Crippen molar-refractivity contribution in [1.82, 2.24) is 4.90 Å². The Hall–Kier alpha value is -3.10. The third kappa shape index (κ3) is 6.46. The average Bonchev–Trinajstić information content (AvgIpc) is 2.97. The molecule has 0 N–H and O–H groups in total. The molecule has 2 aliphatic carbocycles. The molecular formula is C38H39ClINO4. The van der Waals surface area contributed by atoms with Gasteiger partial charge in [0, 0.05) is 52.9 Å². The number of benzene rings is 3. The summed E-state index contributed by atoms with van der Waals surface area (Å²) in [6, 6.07) is 21.9. The second-order valence-electron chi connectivity index (χ2n) is 14.1. The number of rotatable bonds is 7. The summed E-state index contributed by atoms with van der Waals surface area (Å²) in [6.07, 6.45) is 2.42. The second kappa shape index (κ2) is 12.3. The van der Waals surface area contributed by atoms with E-state index in [1.54, 1.807) is 7.11 Å². The largest absolute Gasteiger partial charge is 0.493 e. The second-order valence-corrected chi connectivity index (χ2v) is 15.7. The van der Waals surface area contributed by atoms with Crippen molar-refractivity contribution in [3.63, 3.8) is 0 Å². The molecule has 3 aromatic rings. The van der Waals surface area contributed by atoms with Gasteiger partial charge in [0.05, 0.1) is 10.7 Å². The highest BCUT2D eigenvalue weighted by Gasteiger charge is 2.49. The Kier molecular flexibility index (Phi) is 8.68. The molecule has 0 amide bonds. The Morgan fingerprint density at radius 3 is 1.96 bits per heavy atom. The lowest BCUT2D eigenvalue weighted by atomic mass is 9.63. The minimum Gasteiger partial charge on any atom is -0.493 e. The van der Waals surface area contributed by atoms with Crippen LogP contribution >= 0.6 is 34.2 Å². The van der Waals surface area contributed by atoms with Gasteiger partial charge in [-0.3, -0.25) is 9.59 Å². The van der Waals surface area contributed by atoms with E-state index in [1.807, 2.05) is 48.5 Å². The molecule has 0 atom stereocenters. The first-order chi connectivity index (χ1) is 21.4. The molecule has 234 valence electrons. The normalized spacial score (nSPS) is 19.4. The number of halogens is 2. The zero-order chi connectivity index (χ0) is 32.1. The maximum Gasteiger partial charge on any atom is 0.174 e. The molecule has 1 aliphatic heterocycles. The number of Topliss-reactive ketones (excluding diaryl/α,β-unsaturated/α-hetero) is 2. The topological polar surface area (TPSA) is 55.8 Å². The van der Waals surface area contributed by atoms with E-state index >= 15 is 0 Å². The Labute approximate surface area is 284 Å². The van der Waals surface area contributed by atoms with Crippen molar-refractivity contribution in [2.45, 2.75) is 72.4 Å². The number of nitrogens with zero attached hydrogens (tertiary/aromatic N) is 1. The summed E-state index contributed by atoms with van der Waals surface area (Å²) < 4.78 is 13.0. The Bertz CT molecular complexity index is 1670. The van der Waals surface area contributed by atoms with Crippen LogP contribution in [0.25, 0.3) is 0 Å². The van der Waals surface area contributed by atoms with Gasteiger partial charge in [0.15, 0.2) is 23.1 Å². The number of methoxy groups -OCH3 is 1. The Balaban J connectivity index is 1.50. The number of hydrogen-bond acceptors (Lipinski definition) is 5. The van der Waals surface area contributed by atoms with Gasteiger partial charge in [0.1, 0.15) is 6.61 Å². The summed E-state index contributed by atoms with van der Waals surface area (Å²) in [5, 5.41) is 0.675. The van der Waals surface area contributed by atoms with Crippen molar-refractivity contribution in [3.05, 3.63) is 115 Å². The lowest BCUT2D eigenvalue weighted by Crippen LogP contribution is -2.44. The molecule has 0 spiro atoms. The molecule has 6 rings (SSSR count). The smallest absolute Gasteiger partial charge is 0.174 e. The highest BCUT2D eigenvalue weighted by atomic mass is 127. The average molecular weight is 736 g/mol. The summed E-state index contributed by atoms with van der Waals surface area (Å²) in [4.78, 5) is 30.8. The molecule has 7 heteroatoms. The van der Waals surface area contributed by atoms with Crippen LogP contribution < -0.4 is 9.47 Å². The van der Waals surface area contributed by atoms with E-state index < -0.39 is 5.92 Å². The van der Waals surface area contributed by atoms with Gasteiger partial charge in [0.2, 0.25) is 0 Å². The minimum absolute atomic E-state index is 0.116. The fourth-order valence-electron chi connectivity index (χ4n) is 7.12. The highest BCUT2D eigenvalue weighted by Crippen LogP contribution is 2.55. The first kappa shape index (κ1) is 31.9. The van der Waals surface area contributed by atoms with E-state index in [0.717, 1.165) is 55.6 Å². The minimum atomic E-state index is -0.457. The van der Waals surface area contributed by atoms with Crippen LogP contribution in [0, 0.1) is 14.4 Å². The molecule has 3 aromatic carbocycles. The SMILES string of the molecule is COc1cc(C2C3=C(CC(C)(C)CC3=O)N(Cc3ccccc3)C3=C2C(=O)CC(C)(C)C3)cc(I)c1OCc1ccc(Cl)cc1. The van der Waals surface area contributed by atoms with Crippen LogP contribution in [0.15, 0.2) is 89.3 Å². The third-order valence-corrected chi connectivity index (χ3v) is 10.1. The van der Waals surface area contributed by atoms with Crippen molar-refractivity contribution in [3.8, 4) is 11.5 Å². The van der Waals surface area contributed by atoms with E-state index in [0.29, 0.717) is 42.5 Å². The molecule has 0 aromatic heterocycles. The van der Waals surface area contributed by atoms with Gasteiger partial charge >= 0.3 is 0 Å². The highest BCUT2D eigenvalue weighted by molar-refractivity contribution is 14.1. The van der Waals surface area contributed by atoms with E-state index in [1.165, 1.54) is 0 Å². The van der Waals surface area contributed by atoms with E-state index in [2.05, 4.69) is 73.4 Å². The van der Waals surface area contributed by atoms with Crippen LogP contribution in [0.4, 0.5) is 0 Å². The number of ether oxygens (including phenoxy) is 2. The van der Waals surface area contributed by atoms with E-state index in [9.17, 15) is 9.59 Å². The fraction of sp³-hybridized carbons (Fsp3) is 0.368. The van der Waals surface area contributed by atoms with Crippen LogP contribution in [-0.4, -0.2) is 23.6 Å². The van der Waals surface area contributed by atoms with E-state index in [4.69, 9.17) is 21.1 Å².